The second-order valence-electron chi connectivity index (χ2n) is 20.7. The molecule has 0 aliphatic rings. The van der Waals surface area contributed by atoms with Gasteiger partial charge in [0.05, 0.1) is 11.4 Å². The lowest BCUT2D eigenvalue weighted by Crippen LogP contribution is -2.10. The molecule has 15 aromatic rings. The first-order valence-corrected chi connectivity index (χ1v) is 27.6. The predicted molar refractivity (Wildman–Crippen MR) is 343 cm³/mol. The van der Waals surface area contributed by atoms with Crippen LogP contribution in [0.25, 0.3) is 109 Å². The Morgan fingerprint density at radius 3 is 0.750 bits per heavy atom. The Kier molecular flexibility index (Phi) is 11.6. The summed E-state index contributed by atoms with van der Waals surface area (Å²) in [4.78, 5) is 4.80. The topological polar surface area (TPSA) is 6.48 Å². The Bertz CT molecular complexity index is 4400. The standard InChI is InChI=1S/C78H52N2/c1-3-29-59(30-4-1)79(73-45-21-25-53-23-7-9-35-63(53)73)61-33-19-27-57(51-61)77-69-41-15-11-37-65(69)75(66-38-12-16-42-70(66)77)55-47-49-56(50-48-55)76-67-39-13-17-43-71(67)78(72-44-18-14-40-68(72)76)58-28-20-34-62(52-58)80(60-31-5-2-6-32-60)74-46-22-26-54-24-8-10-36-64(54)74/h1-52H. The summed E-state index contributed by atoms with van der Waals surface area (Å²) < 4.78 is 0. The molecule has 0 spiro atoms. The second kappa shape index (κ2) is 19.8. The van der Waals surface area contributed by atoms with Gasteiger partial charge in [-0.25, -0.2) is 0 Å². The van der Waals surface area contributed by atoms with Gasteiger partial charge < -0.3 is 9.80 Å². The average Bonchev–Trinajstić information content (AvgIpc) is 3.71. The van der Waals surface area contributed by atoms with Crippen LogP contribution in [0.5, 0.6) is 0 Å². The maximum atomic E-state index is 2.40. The van der Waals surface area contributed by atoms with E-state index in [0.717, 1.165) is 34.1 Å². The maximum absolute atomic E-state index is 2.40. The van der Waals surface area contributed by atoms with Crippen LogP contribution >= 0.6 is 0 Å². The van der Waals surface area contributed by atoms with Gasteiger partial charge in [-0.1, -0.05) is 255 Å². The number of hydrogen-bond donors (Lipinski definition) is 0. The summed E-state index contributed by atoms with van der Waals surface area (Å²) in [5.41, 5.74) is 16.4. The molecule has 2 heteroatoms. The van der Waals surface area contributed by atoms with Crippen LogP contribution < -0.4 is 9.80 Å². The number of rotatable bonds is 10. The lowest BCUT2D eigenvalue weighted by Gasteiger charge is -2.27. The van der Waals surface area contributed by atoms with E-state index in [9.17, 15) is 0 Å². The Balaban J connectivity index is 0.856. The third-order valence-corrected chi connectivity index (χ3v) is 16.2. The molecule has 374 valence electrons. The van der Waals surface area contributed by atoms with Crippen LogP contribution in [0.4, 0.5) is 34.1 Å². The van der Waals surface area contributed by atoms with E-state index in [-0.39, 0.29) is 0 Å². The van der Waals surface area contributed by atoms with Crippen molar-refractivity contribution in [3.63, 3.8) is 0 Å². The van der Waals surface area contributed by atoms with Gasteiger partial charge in [0.25, 0.3) is 0 Å². The average molecular weight is 1020 g/mol. The molecule has 0 atom stereocenters. The molecule has 0 saturated carbocycles. The molecule has 0 unspecified atom stereocenters. The van der Waals surface area contributed by atoms with Crippen molar-refractivity contribution in [1.82, 2.24) is 0 Å². The van der Waals surface area contributed by atoms with E-state index in [1.807, 2.05) is 0 Å². The second-order valence-corrected chi connectivity index (χ2v) is 20.7. The molecule has 0 aliphatic carbocycles. The van der Waals surface area contributed by atoms with E-state index < -0.39 is 0 Å². The molecule has 80 heavy (non-hydrogen) atoms. The summed E-state index contributed by atoms with van der Waals surface area (Å²) in [6, 6.07) is 116. The summed E-state index contributed by atoms with van der Waals surface area (Å²) >= 11 is 0. The maximum Gasteiger partial charge on any atom is 0.0540 e. The molecule has 0 heterocycles. The summed E-state index contributed by atoms with van der Waals surface area (Å²) in [5, 5.41) is 14.6. The number of hydrogen-bond acceptors (Lipinski definition) is 2. The van der Waals surface area contributed by atoms with Crippen LogP contribution in [0, 0.1) is 0 Å². The zero-order valence-corrected chi connectivity index (χ0v) is 43.9. The SMILES string of the molecule is c1ccc(N(c2cccc(-c3c4ccccc4c(-c4ccc(-c5c6ccccc6c(-c6cccc(N(c7ccccc7)c7cccc8ccccc78)c6)c6ccccc56)cc4)c4ccccc34)c2)c2cccc3ccccc23)cc1. The van der Waals surface area contributed by atoms with Gasteiger partial charge in [0.1, 0.15) is 0 Å². The molecule has 0 saturated heterocycles. The smallest absolute Gasteiger partial charge is 0.0540 e. The molecule has 0 N–H and O–H groups in total. The van der Waals surface area contributed by atoms with E-state index in [1.54, 1.807) is 0 Å². The Hall–Kier alpha value is -10.5. The lowest BCUT2D eigenvalue weighted by atomic mass is 9.84. The normalized spacial score (nSPS) is 11.5. The van der Waals surface area contributed by atoms with E-state index in [2.05, 4.69) is 325 Å². The molecule has 0 amide bonds. The van der Waals surface area contributed by atoms with Crippen LogP contribution in [0.15, 0.2) is 315 Å². The third kappa shape index (κ3) is 7.96. The molecule has 0 fully saturated rings. The highest BCUT2D eigenvalue weighted by molar-refractivity contribution is 6.23. The highest BCUT2D eigenvalue weighted by Crippen LogP contribution is 2.49. The van der Waals surface area contributed by atoms with Gasteiger partial charge in [0.2, 0.25) is 0 Å². The van der Waals surface area contributed by atoms with Gasteiger partial charge in [-0.2, -0.15) is 0 Å². The van der Waals surface area contributed by atoms with Gasteiger partial charge >= 0.3 is 0 Å². The number of anilines is 6. The Labute approximate surface area is 465 Å². The van der Waals surface area contributed by atoms with E-state index >= 15 is 0 Å². The first-order chi connectivity index (χ1) is 39.7. The third-order valence-electron chi connectivity index (χ3n) is 16.2. The number of benzene rings is 15. The molecule has 15 aromatic carbocycles. The number of fused-ring (bicyclic) bond motifs is 6. The highest BCUT2D eigenvalue weighted by Gasteiger charge is 2.23. The first kappa shape index (κ1) is 46.7. The molecule has 0 aromatic heterocycles. The zero-order valence-electron chi connectivity index (χ0n) is 43.9. The minimum absolute atomic E-state index is 1.10. The van der Waals surface area contributed by atoms with Crippen LogP contribution in [-0.2, 0) is 0 Å². The van der Waals surface area contributed by atoms with E-state index in [4.69, 9.17) is 0 Å². The van der Waals surface area contributed by atoms with Crippen molar-refractivity contribution in [3.05, 3.63) is 315 Å². The van der Waals surface area contributed by atoms with Crippen molar-refractivity contribution in [2.45, 2.75) is 0 Å². The van der Waals surface area contributed by atoms with Gasteiger partial charge in [0.15, 0.2) is 0 Å². The predicted octanol–water partition coefficient (Wildman–Crippen LogP) is 22.2. The molecule has 0 bridgehead atoms. The van der Waals surface area contributed by atoms with Gasteiger partial charge in [0, 0.05) is 33.5 Å². The van der Waals surface area contributed by atoms with Gasteiger partial charge in [-0.15, -0.1) is 0 Å². The van der Waals surface area contributed by atoms with Crippen molar-refractivity contribution in [2.24, 2.45) is 0 Å². The minimum Gasteiger partial charge on any atom is -0.310 e. The number of nitrogens with zero attached hydrogens (tertiary/aromatic N) is 2. The highest BCUT2D eigenvalue weighted by atomic mass is 15.1. The van der Waals surface area contributed by atoms with Crippen molar-refractivity contribution >= 4 is 98.8 Å². The summed E-state index contributed by atoms with van der Waals surface area (Å²) in [6.07, 6.45) is 0. The van der Waals surface area contributed by atoms with Gasteiger partial charge in [-0.05, 0) is 159 Å². The molecule has 0 aliphatic heterocycles. The Morgan fingerprint density at radius 2 is 0.412 bits per heavy atom. The van der Waals surface area contributed by atoms with E-state index in [1.165, 1.54) is 109 Å². The summed E-state index contributed by atoms with van der Waals surface area (Å²) in [7, 11) is 0. The zero-order chi connectivity index (χ0) is 52.9. The fourth-order valence-electron chi connectivity index (χ4n) is 12.7. The van der Waals surface area contributed by atoms with Crippen LogP contribution in [0.3, 0.4) is 0 Å². The molecule has 15 rings (SSSR count). The Morgan fingerprint density at radius 1 is 0.163 bits per heavy atom. The fraction of sp³-hybridized carbons (Fsp3) is 0. The largest absolute Gasteiger partial charge is 0.310 e. The summed E-state index contributed by atoms with van der Waals surface area (Å²) in [6.45, 7) is 0. The van der Waals surface area contributed by atoms with Crippen LogP contribution in [-0.4, -0.2) is 0 Å². The van der Waals surface area contributed by atoms with Crippen LogP contribution in [0.1, 0.15) is 0 Å². The monoisotopic (exact) mass is 1020 g/mol. The quantitative estimate of drug-likeness (QED) is 0.126. The van der Waals surface area contributed by atoms with E-state index in [0.29, 0.717) is 0 Å². The minimum atomic E-state index is 1.10. The molecule has 0 radical (unpaired) electrons. The summed E-state index contributed by atoms with van der Waals surface area (Å²) in [5.74, 6) is 0. The number of para-hydroxylation sites is 2. The van der Waals surface area contributed by atoms with Crippen molar-refractivity contribution in [3.8, 4) is 44.5 Å². The van der Waals surface area contributed by atoms with Crippen molar-refractivity contribution < 1.29 is 0 Å². The van der Waals surface area contributed by atoms with Gasteiger partial charge in [-0.3, -0.25) is 0 Å². The van der Waals surface area contributed by atoms with Crippen molar-refractivity contribution in [1.29, 1.82) is 0 Å². The molecule has 2 nitrogen and oxygen atoms in total. The molecular formula is C78H52N2. The first-order valence-electron chi connectivity index (χ1n) is 27.6. The lowest BCUT2D eigenvalue weighted by molar-refractivity contribution is 1.30. The molecular weight excluding hydrogens is 965 g/mol. The fourth-order valence-corrected chi connectivity index (χ4v) is 12.7. The van der Waals surface area contributed by atoms with Crippen molar-refractivity contribution in [2.75, 3.05) is 9.80 Å². The van der Waals surface area contributed by atoms with Crippen LogP contribution in [0.2, 0.25) is 0 Å².